The first-order chi connectivity index (χ1) is 15.1. The average Bonchev–Trinajstić information content (AvgIpc) is 3.11. The normalized spacial score (nSPS) is 20.6. The number of likely N-dealkylation sites (tertiary alicyclic amines) is 1. The monoisotopic (exact) mass is 506 g/mol. The molecule has 31 heavy (non-hydrogen) atoms. The number of esters is 1. The summed E-state index contributed by atoms with van der Waals surface area (Å²) in [5.74, 6) is 0.802. The molecule has 2 heterocycles. The van der Waals surface area contributed by atoms with Crippen LogP contribution in [0.4, 0.5) is 0 Å². The lowest BCUT2D eigenvalue weighted by atomic mass is 9.95. The number of rotatable bonds is 6. The van der Waals surface area contributed by atoms with E-state index in [0.29, 0.717) is 25.9 Å². The van der Waals surface area contributed by atoms with Gasteiger partial charge in [0.05, 0.1) is 19.2 Å². The maximum atomic E-state index is 12.2. The van der Waals surface area contributed by atoms with Crippen molar-refractivity contribution in [3.05, 3.63) is 33.5 Å². The van der Waals surface area contributed by atoms with E-state index in [4.69, 9.17) is 22.1 Å². The van der Waals surface area contributed by atoms with Gasteiger partial charge >= 0.3 is 5.97 Å². The molecule has 4 rings (SSSR count). The number of carbonyl (C=O) groups is 1. The third kappa shape index (κ3) is 5.29. The van der Waals surface area contributed by atoms with Gasteiger partial charge in [0.1, 0.15) is 0 Å². The minimum absolute atomic E-state index is 0.0609. The lowest BCUT2D eigenvalue weighted by Gasteiger charge is -2.31. The number of halogens is 1. The zero-order valence-corrected chi connectivity index (χ0v) is 20.5. The van der Waals surface area contributed by atoms with Crippen LogP contribution in [0.2, 0.25) is 0 Å². The third-order valence-corrected chi connectivity index (χ3v) is 7.31. The van der Waals surface area contributed by atoms with Crippen molar-refractivity contribution in [2.45, 2.75) is 64.6 Å². The van der Waals surface area contributed by atoms with E-state index in [0.717, 1.165) is 52.9 Å². The Hall–Kier alpha value is -1.51. The van der Waals surface area contributed by atoms with Crippen LogP contribution in [0.25, 0.3) is 11.4 Å². The maximum absolute atomic E-state index is 12.2. The van der Waals surface area contributed by atoms with Crippen molar-refractivity contribution >= 4 is 34.1 Å². The second kappa shape index (κ2) is 10.4. The Kier molecular flexibility index (Phi) is 7.61. The molecule has 1 aliphatic carbocycles. The molecule has 2 aliphatic rings. The van der Waals surface area contributed by atoms with Gasteiger partial charge in [-0.3, -0.25) is 14.3 Å². The molecule has 8 heteroatoms. The number of ether oxygens (including phenoxy) is 1. The molecular formula is C23H31BrN4O2S. The number of piperidine rings is 1. The summed E-state index contributed by atoms with van der Waals surface area (Å²) in [6.07, 6.45) is 7.96. The van der Waals surface area contributed by atoms with Gasteiger partial charge in [-0.1, -0.05) is 47.3 Å². The number of nitrogens with zero attached hydrogens (tertiary/aromatic N) is 4. The Labute approximate surface area is 197 Å². The first kappa shape index (κ1) is 22.7. The fourth-order valence-corrected chi connectivity index (χ4v) is 5.40. The van der Waals surface area contributed by atoms with Crippen molar-refractivity contribution in [3.8, 4) is 11.4 Å². The Morgan fingerprint density at radius 3 is 2.61 bits per heavy atom. The van der Waals surface area contributed by atoms with E-state index in [1.165, 1.54) is 19.3 Å². The summed E-state index contributed by atoms with van der Waals surface area (Å²) in [6.45, 7) is 4.55. The fourth-order valence-electron chi connectivity index (χ4n) is 4.80. The van der Waals surface area contributed by atoms with Crippen molar-refractivity contribution in [1.29, 1.82) is 0 Å². The Morgan fingerprint density at radius 2 is 1.90 bits per heavy atom. The van der Waals surface area contributed by atoms with Crippen LogP contribution in [0, 0.1) is 10.7 Å². The summed E-state index contributed by atoms with van der Waals surface area (Å²) in [5.41, 5.74) is 1.08. The molecular weight excluding hydrogens is 476 g/mol. The van der Waals surface area contributed by atoms with Crippen LogP contribution in [0.3, 0.4) is 0 Å². The largest absolute Gasteiger partial charge is 0.466 e. The van der Waals surface area contributed by atoms with Gasteiger partial charge in [0.25, 0.3) is 0 Å². The lowest BCUT2D eigenvalue weighted by molar-refractivity contribution is -0.150. The predicted molar refractivity (Wildman–Crippen MR) is 127 cm³/mol. The topological polar surface area (TPSA) is 52.3 Å². The minimum atomic E-state index is -0.0842. The molecule has 6 nitrogen and oxygen atoms in total. The summed E-state index contributed by atoms with van der Waals surface area (Å²) >= 11 is 9.48. The van der Waals surface area contributed by atoms with Crippen LogP contribution in [-0.4, -0.2) is 44.9 Å². The number of hydrogen-bond donors (Lipinski definition) is 0. The molecule has 0 amide bonds. The van der Waals surface area contributed by atoms with Crippen LogP contribution >= 0.6 is 28.1 Å². The second-order valence-corrected chi connectivity index (χ2v) is 9.86. The molecule has 0 unspecified atom stereocenters. The van der Waals surface area contributed by atoms with E-state index < -0.39 is 0 Å². The molecule has 0 spiro atoms. The van der Waals surface area contributed by atoms with Crippen LogP contribution in [0.1, 0.15) is 57.9 Å². The van der Waals surface area contributed by atoms with Gasteiger partial charge in [0.2, 0.25) is 0 Å². The van der Waals surface area contributed by atoms with Crippen LogP contribution in [0.5, 0.6) is 0 Å². The summed E-state index contributed by atoms with van der Waals surface area (Å²) in [6, 6.07) is 8.71. The molecule has 1 saturated carbocycles. The number of benzene rings is 1. The molecule has 1 atom stereocenters. The van der Waals surface area contributed by atoms with E-state index in [2.05, 4.69) is 49.7 Å². The standard InChI is InChI=1S/C23H31BrN4O2S/c1-2-30-22(29)18-7-6-14-26(15-18)16-27-23(31)28(20-8-4-3-5-9-20)21(25-27)17-10-12-19(24)13-11-17/h10-13,18,20H,2-9,14-16H2,1H3/t18-/m1/s1. The molecule has 0 N–H and O–H groups in total. The summed E-state index contributed by atoms with van der Waals surface area (Å²) < 4.78 is 11.3. The predicted octanol–water partition coefficient (Wildman–Crippen LogP) is 5.58. The second-order valence-electron chi connectivity index (χ2n) is 8.58. The maximum Gasteiger partial charge on any atom is 0.310 e. The molecule has 2 aromatic rings. The highest BCUT2D eigenvalue weighted by molar-refractivity contribution is 9.10. The zero-order valence-electron chi connectivity index (χ0n) is 18.1. The quantitative estimate of drug-likeness (QED) is 0.378. The smallest absolute Gasteiger partial charge is 0.310 e. The zero-order chi connectivity index (χ0) is 21.8. The minimum Gasteiger partial charge on any atom is -0.466 e. The first-order valence-electron chi connectivity index (χ1n) is 11.4. The highest BCUT2D eigenvalue weighted by Gasteiger charge is 2.28. The summed E-state index contributed by atoms with van der Waals surface area (Å²) in [4.78, 5) is 14.5. The highest BCUT2D eigenvalue weighted by atomic mass is 79.9. The van der Waals surface area contributed by atoms with Gasteiger partial charge in [0.15, 0.2) is 10.6 Å². The van der Waals surface area contributed by atoms with Gasteiger partial charge in [-0.2, -0.15) is 5.10 Å². The van der Waals surface area contributed by atoms with Crippen molar-refractivity contribution in [1.82, 2.24) is 19.2 Å². The third-order valence-electron chi connectivity index (χ3n) is 6.37. The van der Waals surface area contributed by atoms with Crippen LogP contribution < -0.4 is 0 Å². The number of hydrogen-bond acceptors (Lipinski definition) is 5. The van der Waals surface area contributed by atoms with E-state index in [1.54, 1.807) is 0 Å². The Morgan fingerprint density at radius 1 is 1.16 bits per heavy atom. The van der Waals surface area contributed by atoms with E-state index in [-0.39, 0.29) is 11.9 Å². The van der Waals surface area contributed by atoms with Crippen LogP contribution in [0.15, 0.2) is 28.7 Å². The molecule has 0 radical (unpaired) electrons. The Balaban J connectivity index is 1.61. The molecule has 0 bridgehead atoms. The van der Waals surface area contributed by atoms with Crippen molar-refractivity contribution in [2.24, 2.45) is 5.92 Å². The number of aromatic nitrogens is 3. The van der Waals surface area contributed by atoms with Gasteiger partial charge in [-0.15, -0.1) is 0 Å². The van der Waals surface area contributed by atoms with Crippen molar-refractivity contribution < 1.29 is 9.53 Å². The molecule has 1 aromatic heterocycles. The molecule has 168 valence electrons. The van der Waals surface area contributed by atoms with Crippen molar-refractivity contribution in [3.63, 3.8) is 0 Å². The molecule has 1 aliphatic heterocycles. The molecule has 1 saturated heterocycles. The number of carbonyl (C=O) groups excluding carboxylic acids is 1. The summed E-state index contributed by atoms with van der Waals surface area (Å²) in [5, 5.41) is 4.99. The summed E-state index contributed by atoms with van der Waals surface area (Å²) in [7, 11) is 0. The highest BCUT2D eigenvalue weighted by Crippen LogP contribution is 2.33. The van der Waals surface area contributed by atoms with E-state index >= 15 is 0 Å². The van der Waals surface area contributed by atoms with E-state index in [9.17, 15) is 4.79 Å². The van der Waals surface area contributed by atoms with Gasteiger partial charge in [0, 0.05) is 22.6 Å². The molecule has 2 fully saturated rings. The Bertz CT molecular complexity index is 949. The fraction of sp³-hybridized carbons (Fsp3) is 0.609. The van der Waals surface area contributed by atoms with Gasteiger partial charge in [-0.25, -0.2) is 4.68 Å². The lowest BCUT2D eigenvalue weighted by Crippen LogP contribution is -2.40. The average molecular weight is 507 g/mol. The van der Waals surface area contributed by atoms with Gasteiger partial charge in [-0.05, 0) is 63.5 Å². The van der Waals surface area contributed by atoms with E-state index in [1.807, 2.05) is 11.6 Å². The molecule has 1 aromatic carbocycles. The van der Waals surface area contributed by atoms with Gasteiger partial charge < -0.3 is 4.74 Å². The van der Waals surface area contributed by atoms with Crippen LogP contribution in [-0.2, 0) is 16.2 Å². The first-order valence-corrected chi connectivity index (χ1v) is 12.6. The van der Waals surface area contributed by atoms with Crippen molar-refractivity contribution in [2.75, 3.05) is 19.7 Å². The SMILES string of the molecule is CCOC(=O)[C@@H]1CCCN(Cn2nc(-c3ccc(Br)cc3)n(C3CCCCC3)c2=S)C1.